The zero-order chi connectivity index (χ0) is 13.1. The SMILES string of the molecule is OC(CNc1snc2ccccc12)c1ccccc1. The fraction of sp³-hybridized carbons (Fsp3) is 0.133. The van der Waals surface area contributed by atoms with Crippen molar-refractivity contribution in [2.45, 2.75) is 6.10 Å². The summed E-state index contributed by atoms with van der Waals surface area (Å²) in [6, 6.07) is 17.7. The van der Waals surface area contributed by atoms with Crippen molar-refractivity contribution in [3.63, 3.8) is 0 Å². The lowest BCUT2D eigenvalue weighted by molar-refractivity contribution is 0.192. The molecule has 0 aliphatic heterocycles. The van der Waals surface area contributed by atoms with Gasteiger partial charge >= 0.3 is 0 Å². The van der Waals surface area contributed by atoms with Gasteiger partial charge in [0.25, 0.3) is 0 Å². The Kier molecular flexibility index (Phi) is 3.44. The minimum absolute atomic E-state index is 0.482. The van der Waals surface area contributed by atoms with Gasteiger partial charge in [-0.05, 0) is 29.2 Å². The van der Waals surface area contributed by atoms with E-state index in [0.29, 0.717) is 6.54 Å². The predicted molar refractivity (Wildman–Crippen MR) is 79.5 cm³/mol. The monoisotopic (exact) mass is 270 g/mol. The van der Waals surface area contributed by atoms with Crippen molar-refractivity contribution in [2.24, 2.45) is 0 Å². The van der Waals surface area contributed by atoms with Crippen molar-refractivity contribution in [2.75, 3.05) is 11.9 Å². The van der Waals surface area contributed by atoms with Crippen LogP contribution < -0.4 is 5.32 Å². The van der Waals surface area contributed by atoms with Crippen LogP contribution in [-0.2, 0) is 0 Å². The fourth-order valence-electron chi connectivity index (χ4n) is 2.00. The predicted octanol–water partition coefficient (Wildman–Crippen LogP) is 3.44. The topological polar surface area (TPSA) is 45.1 Å². The maximum absolute atomic E-state index is 10.1. The van der Waals surface area contributed by atoms with Crippen LogP contribution in [0.15, 0.2) is 54.6 Å². The average Bonchev–Trinajstić information content (AvgIpc) is 2.89. The molecule has 96 valence electrons. The molecule has 0 radical (unpaired) electrons. The van der Waals surface area contributed by atoms with Gasteiger partial charge in [0.05, 0.1) is 11.6 Å². The second kappa shape index (κ2) is 5.38. The minimum Gasteiger partial charge on any atom is -0.387 e. The van der Waals surface area contributed by atoms with E-state index >= 15 is 0 Å². The average molecular weight is 270 g/mol. The number of aliphatic hydroxyl groups excluding tert-OH is 1. The van der Waals surface area contributed by atoms with Crippen molar-refractivity contribution in [1.29, 1.82) is 0 Å². The van der Waals surface area contributed by atoms with E-state index in [4.69, 9.17) is 0 Å². The molecule has 1 unspecified atom stereocenters. The number of anilines is 1. The quantitative estimate of drug-likeness (QED) is 0.763. The second-order valence-electron chi connectivity index (χ2n) is 4.34. The van der Waals surface area contributed by atoms with Gasteiger partial charge in [-0.15, -0.1) is 0 Å². The number of aliphatic hydroxyl groups is 1. The summed E-state index contributed by atoms with van der Waals surface area (Å²) in [6.07, 6.45) is -0.512. The first-order valence-electron chi connectivity index (χ1n) is 6.16. The van der Waals surface area contributed by atoms with E-state index in [1.54, 1.807) is 0 Å². The second-order valence-corrected chi connectivity index (χ2v) is 5.11. The van der Waals surface area contributed by atoms with Crippen LogP contribution in [0.2, 0.25) is 0 Å². The lowest BCUT2D eigenvalue weighted by atomic mass is 10.1. The summed E-state index contributed by atoms with van der Waals surface area (Å²) >= 11 is 1.43. The molecule has 2 aromatic carbocycles. The van der Waals surface area contributed by atoms with Gasteiger partial charge in [0.2, 0.25) is 0 Å². The first kappa shape index (κ1) is 12.1. The highest BCUT2D eigenvalue weighted by Crippen LogP contribution is 2.27. The number of nitrogens with zero attached hydrogens (tertiary/aromatic N) is 1. The minimum atomic E-state index is -0.512. The summed E-state index contributed by atoms with van der Waals surface area (Å²) in [5, 5.41) is 15.5. The summed E-state index contributed by atoms with van der Waals surface area (Å²) < 4.78 is 4.37. The van der Waals surface area contributed by atoms with Gasteiger partial charge in [-0.2, -0.15) is 4.37 Å². The van der Waals surface area contributed by atoms with Crippen LogP contribution in [-0.4, -0.2) is 16.0 Å². The van der Waals surface area contributed by atoms with Crippen LogP contribution in [0, 0.1) is 0 Å². The van der Waals surface area contributed by atoms with Gasteiger partial charge in [-0.1, -0.05) is 42.5 Å². The molecule has 0 fully saturated rings. The Morgan fingerprint density at radius 3 is 2.63 bits per heavy atom. The normalized spacial score (nSPS) is 12.5. The molecule has 3 aromatic rings. The van der Waals surface area contributed by atoms with Crippen molar-refractivity contribution in [3.05, 3.63) is 60.2 Å². The van der Waals surface area contributed by atoms with E-state index in [1.165, 1.54) is 11.5 Å². The highest BCUT2D eigenvalue weighted by molar-refractivity contribution is 7.11. The molecule has 0 aliphatic carbocycles. The van der Waals surface area contributed by atoms with Crippen molar-refractivity contribution in [1.82, 2.24) is 4.37 Å². The number of fused-ring (bicyclic) bond motifs is 1. The van der Waals surface area contributed by atoms with Crippen LogP contribution >= 0.6 is 11.5 Å². The Bertz CT molecular complexity index is 666. The lowest BCUT2D eigenvalue weighted by Gasteiger charge is -2.11. The van der Waals surface area contributed by atoms with Crippen molar-refractivity contribution < 1.29 is 5.11 Å². The van der Waals surface area contributed by atoms with Crippen LogP contribution in [0.1, 0.15) is 11.7 Å². The molecule has 0 saturated heterocycles. The molecular weight excluding hydrogens is 256 g/mol. The molecule has 1 aromatic heterocycles. The number of nitrogens with one attached hydrogen (secondary N) is 1. The van der Waals surface area contributed by atoms with E-state index < -0.39 is 6.10 Å². The zero-order valence-corrected chi connectivity index (χ0v) is 11.1. The molecule has 19 heavy (non-hydrogen) atoms. The molecule has 0 amide bonds. The summed E-state index contributed by atoms with van der Waals surface area (Å²) in [5.41, 5.74) is 1.91. The highest BCUT2D eigenvalue weighted by atomic mass is 32.1. The summed E-state index contributed by atoms with van der Waals surface area (Å²) in [6.45, 7) is 0.482. The van der Waals surface area contributed by atoms with Gasteiger partial charge in [-0.3, -0.25) is 0 Å². The largest absolute Gasteiger partial charge is 0.387 e. The number of aromatic nitrogens is 1. The summed E-state index contributed by atoms with van der Waals surface area (Å²) in [4.78, 5) is 0. The molecule has 4 heteroatoms. The molecule has 3 rings (SSSR count). The Morgan fingerprint density at radius 1 is 1.05 bits per heavy atom. The third kappa shape index (κ3) is 2.59. The Hall–Kier alpha value is -1.91. The summed E-state index contributed by atoms with van der Waals surface area (Å²) in [7, 11) is 0. The number of rotatable bonds is 4. The molecule has 1 atom stereocenters. The van der Waals surface area contributed by atoms with Gasteiger partial charge in [0.1, 0.15) is 5.00 Å². The zero-order valence-electron chi connectivity index (χ0n) is 10.3. The van der Waals surface area contributed by atoms with E-state index in [1.807, 2.05) is 54.6 Å². The molecule has 0 spiro atoms. The summed E-state index contributed by atoms with van der Waals surface area (Å²) in [5.74, 6) is 0. The smallest absolute Gasteiger partial charge is 0.117 e. The van der Waals surface area contributed by atoms with Crippen LogP contribution in [0.5, 0.6) is 0 Å². The van der Waals surface area contributed by atoms with Crippen molar-refractivity contribution >= 4 is 27.4 Å². The maximum atomic E-state index is 10.1. The third-order valence-corrected chi connectivity index (χ3v) is 3.86. The van der Waals surface area contributed by atoms with Gasteiger partial charge in [0.15, 0.2) is 0 Å². The molecule has 0 bridgehead atoms. The van der Waals surface area contributed by atoms with E-state index in [0.717, 1.165) is 21.5 Å². The van der Waals surface area contributed by atoms with Gasteiger partial charge in [-0.25, -0.2) is 0 Å². The molecule has 0 aliphatic rings. The molecule has 1 heterocycles. The molecule has 2 N–H and O–H groups in total. The third-order valence-electron chi connectivity index (χ3n) is 3.02. The van der Waals surface area contributed by atoms with E-state index in [2.05, 4.69) is 9.69 Å². The fourth-order valence-corrected chi connectivity index (χ4v) is 2.77. The maximum Gasteiger partial charge on any atom is 0.117 e. The first-order chi connectivity index (χ1) is 9.34. The van der Waals surface area contributed by atoms with Crippen LogP contribution in [0.25, 0.3) is 10.9 Å². The standard InChI is InChI=1S/C15H14N2OS/c18-14(11-6-2-1-3-7-11)10-16-15-12-8-4-5-9-13(12)17-19-15/h1-9,14,16,18H,10H2. The number of hydrogen-bond donors (Lipinski definition) is 2. The molecule has 3 nitrogen and oxygen atoms in total. The molecular formula is C15H14N2OS. The first-order valence-corrected chi connectivity index (χ1v) is 6.93. The number of hydrogen-bond acceptors (Lipinski definition) is 4. The molecule has 0 saturated carbocycles. The van der Waals surface area contributed by atoms with Gasteiger partial charge < -0.3 is 10.4 Å². The number of benzene rings is 2. The van der Waals surface area contributed by atoms with Crippen LogP contribution in [0.3, 0.4) is 0 Å². The van der Waals surface area contributed by atoms with Gasteiger partial charge in [0, 0.05) is 11.9 Å². The Labute approximate surface area is 115 Å². The Morgan fingerprint density at radius 2 is 1.79 bits per heavy atom. The van der Waals surface area contributed by atoms with E-state index in [9.17, 15) is 5.11 Å². The van der Waals surface area contributed by atoms with Crippen LogP contribution in [0.4, 0.5) is 5.00 Å². The highest BCUT2D eigenvalue weighted by Gasteiger charge is 2.09. The Balaban J connectivity index is 1.73. The lowest BCUT2D eigenvalue weighted by Crippen LogP contribution is -2.11. The van der Waals surface area contributed by atoms with Crippen molar-refractivity contribution in [3.8, 4) is 0 Å². The van der Waals surface area contributed by atoms with E-state index in [-0.39, 0.29) is 0 Å².